The van der Waals surface area contributed by atoms with Crippen LogP contribution in [0.4, 0.5) is 5.69 Å². The Balaban J connectivity index is 1.49. The van der Waals surface area contributed by atoms with Gasteiger partial charge in [0.1, 0.15) is 10.6 Å². The standard InChI is InChI=1S/C30H30N2O2S/c1-3-4-7-22-12-14-25(15-13-22)32-29(33)27(31-19-18-23-8-5-6-9-24(23)20-31)28(30(32)34)35-26-16-10-21(2)11-17-26/h5-6,8-17H,3-4,7,18-20H2,1-2H3. The van der Waals surface area contributed by atoms with Gasteiger partial charge in [-0.05, 0) is 67.1 Å². The highest BCUT2D eigenvalue weighted by Gasteiger charge is 2.43. The van der Waals surface area contributed by atoms with Gasteiger partial charge >= 0.3 is 0 Å². The molecule has 0 aromatic heterocycles. The van der Waals surface area contributed by atoms with Gasteiger partial charge in [-0.1, -0.05) is 79.2 Å². The summed E-state index contributed by atoms with van der Waals surface area (Å²) in [6.45, 7) is 5.56. The van der Waals surface area contributed by atoms with Gasteiger partial charge in [0.05, 0.1) is 5.69 Å². The maximum Gasteiger partial charge on any atom is 0.283 e. The van der Waals surface area contributed by atoms with E-state index in [1.807, 2.05) is 61.5 Å². The molecule has 35 heavy (non-hydrogen) atoms. The second-order valence-electron chi connectivity index (χ2n) is 9.25. The van der Waals surface area contributed by atoms with E-state index in [-0.39, 0.29) is 11.8 Å². The molecule has 2 amide bonds. The van der Waals surface area contributed by atoms with Gasteiger partial charge in [0.2, 0.25) is 0 Å². The van der Waals surface area contributed by atoms with Crippen molar-refractivity contribution in [1.82, 2.24) is 4.90 Å². The number of carbonyl (C=O) groups excluding carboxylic acids is 2. The average Bonchev–Trinajstić information content (AvgIpc) is 3.13. The Bertz CT molecular complexity index is 1280. The summed E-state index contributed by atoms with van der Waals surface area (Å²) in [5.74, 6) is -0.471. The minimum absolute atomic E-state index is 0.231. The first-order chi connectivity index (χ1) is 17.0. The first-order valence-electron chi connectivity index (χ1n) is 12.3. The molecule has 0 fully saturated rings. The lowest BCUT2D eigenvalue weighted by Gasteiger charge is -2.31. The van der Waals surface area contributed by atoms with E-state index in [4.69, 9.17) is 0 Å². The number of hydrogen-bond donors (Lipinski definition) is 0. The van der Waals surface area contributed by atoms with Crippen LogP contribution < -0.4 is 4.90 Å². The molecule has 2 heterocycles. The Hall–Kier alpha value is -3.31. The molecule has 178 valence electrons. The number of benzene rings is 3. The molecule has 0 N–H and O–H groups in total. The number of anilines is 1. The lowest BCUT2D eigenvalue weighted by atomic mass is 9.99. The van der Waals surface area contributed by atoms with Crippen LogP contribution in [0.2, 0.25) is 0 Å². The van der Waals surface area contributed by atoms with Gasteiger partial charge in [0.25, 0.3) is 11.8 Å². The molecule has 0 bridgehead atoms. The normalized spacial score (nSPS) is 15.7. The molecule has 2 aliphatic heterocycles. The third kappa shape index (κ3) is 4.78. The lowest BCUT2D eigenvalue weighted by Crippen LogP contribution is -2.37. The number of imide groups is 1. The van der Waals surface area contributed by atoms with Gasteiger partial charge in [-0.25, -0.2) is 4.90 Å². The van der Waals surface area contributed by atoms with Gasteiger partial charge in [0.15, 0.2) is 0 Å². The molecule has 0 atom stereocenters. The van der Waals surface area contributed by atoms with Crippen molar-refractivity contribution >= 4 is 29.3 Å². The van der Waals surface area contributed by atoms with Crippen LogP contribution >= 0.6 is 11.8 Å². The fraction of sp³-hybridized carbons (Fsp3) is 0.267. The first-order valence-corrected chi connectivity index (χ1v) is 13.1. The van der Waals surface area contributed by atoms with Crippen molar-refractivity contribution in [3.8, 4) is 0 Å². The zero-order chi connectivity index (χ0) is 24.4. The quantitative estimate of drug-likeness (QED) is 0.372. The van der Waals surface area contributed by atoms with E-state index in [0.29, 0.717) is 29.4 Å². The van der Waals surface area contributed by atoms with Crippen LogP contribution in [0.3, 0.4) is 0 Å². The lowest BCUT2D eigenvalue weighted by molar-refractivity contribution is -0.121. The molecule has 4 nitrogen and oxygen atoms in total. The van der Waals surface area contributed by atoms with Crippen LogP contribution in [0.25, 0.3) is 0 Å². The topological polar surface area (TPSA) is 40.6 Å². The van der Waals surface area contributed by atoms with Crippen LogP contribution in [-0.4, -0.2) is 23.3 Å². The summed E-state index contributed by atoms with van der Waals surface area (Å²) in [7, 11) is 0. The number of nitrogens with zero attached hydrogens (tertiary/aromatic N) is 2. The number of carbonyl (C=O) groups is 2. The van der Waals surface area contributed by atoms with Crippen LogP contribution in [0.15, 0.2) is 88.3 Å². The van der Waals surface area contributed by atoms with Gasteiger partial charge in [0, 0.05) is 18.0 Å². The van der Waals surface area contributed by atoms with Gasteiger partial charge in [-0.2, -0.15) is 0 Å². The molecule has 2 aliphatic rings. The number of aryl methyl sites for hydroxylation is 2. The Kier molecular flexibility index (Phi) is 6.78. The predicted molar refractivity (Wildman–Crippen MR) is 142 cm³/mol. The zero-order valence-electron chi connectivity index (χ0n) is 20.3. The van der Waals surface area contributed by atoms with Gasteiger partial charge in [-0.3, -0.25) is 9.59 Å². The van der Waals surface area contributed by atoms with Crippen molar-refractivity contribution in [2.24, 2.45) is 0 Å². The number of thioether (sulfide) groups is 1. The Morgan fingerprint density at radius 1 is 0.857 bits per heavy atom. The molecule has 0 radical (unpaired) electrons. The number of rotatable bonds is 7. The number of amides is 2. The van der Waals surface area contributed by atoms with E-state index >= 15 is 0 Å². The minimum atomic E-state index is -0.240. The highest BCUT2D eigenvalue weighted by atomic mass is 32.2. The van der Waals surface area contributed by atoms with Crippen molar-refractivity contribution in [3.63, 3.8) is 0 Å². The molecule has 5 rings (SSSR count). The van der Waals surface area contributed by atoms with Crippen molar-refractivity contribution < 1.29 is 9.59 Å². The molecule has 0 aliphatic carbocycles. The predicted octanol–water partition coefficient (Wildman–Crippen LogP) is 6.27. The van der Waals surface area contributed by atoms with E-state index in [1.54, 1.807) is 0 Å². The van der Waals surface area contributed by atoms with Crippen molar-refractivity contribution in [2.75, 3.05) is 11.4 Å². The summed E-state index contributed by atoms with van der Waals surface area (Å²) in [4.78, 5) is 32.5. The third-order valence-corrected chi connectivity index (χ3v) is 7.80. The number of fused-ring (bicyclic) bond motifs is 1. The fourth-order valence-corrected chi connectivity index (χ4v) is 5.71. The van der Waals surface area contributed by atoms with E-state index in [1.165, 1.54) is 33.4 Å². The van der Waals surface area contributed by atoms with E-state index in [0.717, 1.165) is 36.1 Å². The van der Waals surface area contributed by atoms with Crippen LogP contribution in [-0.2, 0) is 29.0 Å². The second kappa shape index (κ2) is 10.1. The van der Waals surface area contributed by atoms with Crippen LogP contribution in [0, 0.1) is 6.92 Å². The smallest absolute Gasteiger partial charge is 0.283 e. The maximum atomic E-state index is 13.8. The van der Waals surface area contributed by atoms with Crippen LogP contribution in [0.1, 0.15) is 42.0 Å². The molecule has 0 unspecified atom stereocenters. The average molecular weight is 483 g/mol. The van der Waals surface area contributed by atoms with Crippen molar-refractivity contribution in [3.05, 3.63) is 106 Å². The van der Waals surface area contributed by atoms with Crippen LogP contribution in [0.5, 0.6) is 0 Å². The summed E-state index contributed by atoms with van der Waals surface area (Å²) in [6.07, 6.45) is 4.12. The monoisotopic (exact) mass is 482 g/mol. The Labute approximate surface area is 211 Å². The number of unbranched alkanes of at least 4 members (excludes halogenated alkanes) is 1. The fourth-order valence-electron chi connectivity index (χ4n) is 4.71. The Morgan fingerprint density at radius 2 is 1.57 bits per heavy atom. The molecular formula is C30H30N2O2S. The first kappa shape index (κ1) is 23.4. The zero-order valence-corrected chi connectivity index (χ0v) is 21.1. The molecule has 0 saturated heterocycles. The molecule has 3 aromatic carbocycles. The summed E-state index contributed by atoms with van der Waals surface area (Å²) < 4.78 is 0. The largest absolute Gasteiger partial charge is 0.361 e. The third-order valence-electron chi connectivity index (χ3n) is 6.72. The van der Waals surface area contributed by atoms with Crippen molar-refractivity contribution in [2.45, 2.75) is 51.0 Å². The summed E-state index contributed by atoms with van der Waals surface area (Å²) in [6, 6.07) is 24.3. The number of hydrogen-bond acceptors (Lipinski definition) is 4. The van der Waals surface area contributed by atoms with Crippen molar-refractivity contribution in [1.29, 1.82) is 0 Å². The molecule has 3 aromatic rings. The highest BCUT2D eigenvalue weighted by molar-refractivity contribution is 8.04. The van der Waals surface area contributed by atoms with E-state index < -0.39 is 0 Å². The molecule has 5 heteroatoms. The molecular weight excluding hydrogens is 452 g/mol. The highest BCUT2D eigenvalue weighted by Crippen LogP contribution is 2.40. The second-order valence-corrected chi connectivity index (χ2v) is 10.3. The van der Waals surface area contributed by atoms with E-state index in [2.05, 4.69) is 30.0 Å². The van der Waals surface area contributed by atoms with E-state index in [9.17, 15) is 9.59 Å². The minimum Gasteiger partial charge on any atom is -0.361 e. The maximum absolute atomic E-state index is 13.8. The SMILES string of the molecule is CCCCc1ccc(N2C(=O)C(Sc3ccc(C)cc3)=C(N3CCc4ccccc4C3)C2=O)cc1. The molecule has 0 saturated carbocycles. The summed E-state index contributed by atoms with van der Waals surface area (Å²) in [5, 5.41) is 0. The summed E-state index contributed by atoms with van der Waals surface area (Å²) in [5.41, 5.74) is 6.07. The van der Waals surface area contributed by atoms with Gasteiger partial charge < -0.3 is 4.90 Å². The molecule has 0 spiro atoms. The Morgan fingerprint density at radius 3 is 2.29 bits per heavy atom. The summed E-state index contributed by atoms with van der Waals surface area (Å²) >= 11 is 1.39. The van der Waals surface area contributed by atoms with Gasteiger partial charge in [-0.15, -0.1) is 0 Å².